The summed E-state index contributed by atoms with van der Waals surface area (Å²) in [5, 5.41) is 0. The first-order valence-corrected chi connectivity index (χ1v) is 7.10. The van der Waals surface area contributed by atoms with E-state index in [-0.39, 0.29) is 12.4 Å². The maximum atomic E-state index is 5.28. The van der Waals surface area contributed by atoms with Crippen molar-refractivity contribution >= 4 is 33.4 Å². The molecule has 0 aliphatic rings. The second-order valence-electron chi connectivity index (χ2n) is 1.55. The van der Waals surface area contributed by atoms with Gasteiger partial charge in [-0.2, -0.15) is 0 Å². The Morgan fingerprint density at radius 2 is 1.09 bits per heavy atom. The molecule has 0 aromatic carbocycles. The molecule has 0 bridgehead atoms. The van der Waals surface area contributed by atoms with Gasteiger partial charge in [-0.3, -0.25) is 0 Å². The van der Waals surface area contributed by atoms with Gasteiger partial charge in [0.2, 0.25) is 0 Å². The molecule has 0 N–H and O–H groups in total. The van der Waals surface area contributed by atoms with E-state index in [1.54, 1.807) is 0 Å². The van der Waals surface area contributed by atoms with Crippen LogP contribution in [-0.2, 0) is 9.22 Å². The van der Waals surface area contributed by atoms with E-state index in [1.807, 2.05) is 20.8 Å². The largest absolute Gasteiger partial charge is 0.147 e. The van der Waals surface area contributed by atoms with Crippen molar-refractivity contribution in [2.45, 2.75) is 20.8 Å². The van der Waals surface area contributed by atoms with Gasteiger partial charge in [0.05, 0.1) is 0 Å². The van der Waals surface area contributed by atoms with Gasteiger partial charge in [0.15, 0.2) is 0 Å². The van der Waals surface area contributed by atoms with Gasteiger partial charge in [-0.15, -0.1) is 12.4 Å². The molecular weight excluding hydrogens is 274 g/mol. The zero-order valence-corrected chi connectivity index (χ0v) is 10.9. The number of rotatable bonds is 6. The fourth-order valence-corrected chi connectivity index (χ4v) is 3.21. The minimum absolute atomic E-state index is 0. The Bertz CT molecular complexity index is 60.6. The first kappa shape index (κ1) is 14.5. The third-order valence-electron chi connectivity index (χ3n) is 0.787. The summed E-state index contributed by atoms with van der Waals surface area (Å²) in [7, 11) is 0. The van der Waals surface area contributed by atoms with Gasteiger partial charge in [0.25, 0.3) is 0 Å². The van der Waals surface area contributed by atoms with E-state index < -0.39 is 21.0 Å². The number of hydrogen-bond acceptors (Lipinski definition) is 3. The molecule has 0 aromatic rings. The summed E-state index contributed by atoms with van der Waals surface area (Å²) in [6, 6.07) is 0. The van der Waals surface area contributed by atoms with Crippen molar-refractivity contribution in [3.8, 4) is 0 Å². The van der Waals surface area contributed by atoms with Crippen LogP contribution in [0.3, 0.4) is 0 Å². The van der Waals surface area contributed by atoms with E-state index in [9.17, 15) is 0 Å². The van der Waals surface area contributed by atoms with E-state index in [1.165, 1.54) is 0 Å². The van der Waals surface area contributed by atoms with Crippen molar-refractivity contribution in [2.75, 3.05) is 19.8 Å². The fourth-order valence-electron chi connectivity index (χ4n) is 0.479. The molecule has 0 aliphatic heterocycles. The average molecular weight is 290 g/mol. The summed E-state index contributed by atoms with van der Waals surface area (Å²) in [6.07, 6.45) is 0. The van der Waals surface area contributed by atoms with Crippen LogP contribution in [0, 0.1) is 0 Å². The van der Waals surface area contributed by atoms with Gasteiger partial charge in [-0.25, -0.2) is 0 Å². The number of halogens is 1. The molecule has 0 aromatic heterocycles. The van der Waals surface area contributed by atoms with Gasteiger partial charge < -0.3 is 0 Å². The Balaban J connectivity index is 0. The molecular formula is C6H16ClO3Sn. The second kappa shape index (κ2) is 11.0. The van der Waals surface area contributed by atoms with Crippen molar-refractivity contribution in [1.29, 1.82) is 0 Å². The Morgan fingerprint density at radius 3 is 1.27 bits per heavy atom. The van der Waals surface area contributed by atoms with Crippen LogP contribution < -0.4 is 0 Å². The molecule has 69 valence electrons. The molecule has 0 atom stereocenters. The second-order valence-corrected chi connectivity index (χ2v) is 5.45. The van der Waals surface area contributed by atoms with Crippen LogP contribution in [0.15, 0.2) is 0 Å². The van der Waals surface area contributed by atoms with Crippen molar-refractivity contribution in [2.24, 2.45) is 0 Å². The minimum atomic E-state index is -2.26. The molecule has 0 aliphatic carbocycles. The molecule has 3 nitrogen and oxygen atoms in total. The fraction of sp³-hybridized carbons (Fsp3) is 1.00. The summed E-state index contributed by atoms with van der Waals surface area (Å²) >= 11 is -2.26. The minimum Gasteiger partial charge on any atom is -0.147 e. The zero-order chi connectivity index (χ0) is 7.82. The molecule has 0 saturated heterocycles. The summed E-state index contributed by atoms with van der Waals surface area (Å²) in [5.74, 6) is 0. The van der Waals surface area contributed by atoms with E-state index in [0.717, 1.165) is 0 Å². The average Bonchev–Trinajstić information content (AvgIpc) is 1.90. The third kappa shape index (κ3) is 8.88. The van der Waals surface area contributed by atoms with Crippen LogP contribution in [0.2, 0.25) is 0 Å². The maximum absolute atomic E-state index is 5.28. The molecule has 5 heteroatoms. The summed E-state index contributed by atoms with van der Waals surface area (Å²) in [6.45, 7) is 7.98. The Kier molecular flexibility index (Phi) is 14.4. The van der Waals surface area contributed by atoms with E-state index in [0.29, 0.717) is 19.8 Å². The molecule has 0 fully saturated rings. The van der Waals surface area contributed by atoms with Crippen LogP contribution in [0.1, 0.15) is 20.8 Å². The van der Waals surface area contributed by atoms with Crippen LogP contribution in [0.5, 0.6) is 0 Å². The van der Waals surface area contributed by atoms with Crippen molar-refractivity contribution < 1.29 is 9.22 Å². The van der Waals surface area contributed by atoms with Gasteiger partial charge in [0, 0.05) is 0 Å². The Hall–Kier alpha value is 0.969. The predicted molar refractivity (Wildman–Crippen MR) is 47.9 cm³/mol. The van der Waals surface area contributed by atoms with Crippen molar-refractivity contribution in [1.82, 2.24) is 0 Å². The van der Waals surface area contributed by atoms with Crippen LogP contribution >= 0.6 is 12.4 Å². The maximum Gasteiger partial charge on any atom is -0.147 e. The molecule has 0 heterocycles. The summed E-state index contributed by atoms with van der Waals surface area (Å²) in [4.78, 5) is 0. The predicted octanol–water partition coefficient (Wildman–Crippen LogP) is 1.50. The quantitative estimate of drug-likeness (QED) is 0.694. The number of hydrogen-bond donors (Lipinski definition) is 0. The first-order chi connectivity index (χ1) is 4.85. The molecule has 11 heavy (non-hydrogen) atoms. The monoisotopic (exact) mass is 291 g/mol. The van der Waals surface area contributed by atoms with Gasteiger partial charge in [0.1, 0.15) is 0 Å². The molecule has 1 radical (unpaired) electrons. The van der Waals surface area contributed by atoms with Gasteiger partial charge >= 0.3 is 70.8 Å². The van der Waals surface area contributed by atoms with Crippen LogP contribution in [0.25, 0.3) is 0 Å². The standard InChI is InChI=1S/3C2H5O.ClH.Sn/c3*1-2-3;;/h3*2H2,1H3;1H;/q3*-1;;+3. The zero-order valence-electron chi connectivity index (χ0n) is 7.25. The molecule has 0 saturated carbocycles. The molecule has 0 unspecified atom stereocenters. The normalized spacial score (nSPS) is 9.82. The van der Waals surface area contributed by atoms with E-state index in [2.05, 4.69) is 0 Å². The smallest absolute Gasteiger partial charge is 0.147 e. The summed E-state index contributed by atoms with van der Waals surface area (Å²) in [5.41, 5.74) is 0. The molecule has 0 amide bonds. The molecule has 0 spiro atoms. The topological polar surface area (TPSA) is 27.7 Å². The Morgan fingerprint density at radius 1 is 0.818 bits per heavy atom. The summed E-state index contributed by atoms with van der Waals surface area (Å²) < 4.78 is 15.8. The van der Waals surface area contributed by atoms with Gasteiger partial charge in [-0.05, 0) is 0 Å². The van der Waals surface area contributed by atoms with E-state index >= 15 is 0 Å². The van der Waals surface area contributed by atoms with Crippen LogP contribution in [-0.4, -0.2) is 40.8 Å². The van der Waals surface area contributed by atoms with Crippen molar-refractivity contribution in [3.63, 3.8) is 0 Å². The van der Waals surface area contributed by atoms with Gasteiger partial charge in [-0.1, -0.05) is 0 Å². The third-order valence-corrected chi connectivity index (χ3v) is 5.28. The SMILES string of the molecule is CC[O][Sn]([O]CC)[O]CC.Cl. The van der Waals surface area contributed by atoms with Crippen LogP contribution in [0.4, 0.5) is 0 Å². The Labute approximate surface area is 83.2 Å². The van der Waals surface area contributed by atoms with Crippen molar-refractivity contribution in [3.05, 3.63) is 0 Å². The van der Waals surface area contributed by atoms with E-state index in [4.69, 9.17) is 9.22 Å². The first-order valence-electron chi connectivity index (χ1n) is 3.60. The molecule has 0 rings (SSSR count).